The summed E-state index contributed by atoms with van der Waals surface area (Å²) in [4.78, 5) is 36.1. The highest BCUT2D eigenvalue weighted by Gasteiger charge is 2.31. The van der Waals surface area contributed by atoms with Gasteiger partial charge in [-0.3, -0.25) is 14.9 Å². The predicted octanol–water partition coefficient (Wildman–Crippen LogP) is 3.86. The van der Waals surface area contributed by atoms with Crippen LogP contribution < -0.4 is 15.5 Å². The molecule has 0 aliphatic carbocycles. The number of thiazole rings is 1. The Kier molecular flexibility index (Phi) is 6.49. The molecule has 5 rings (SSSR count). The van der Waals surface area contributed by atoms with Gasteiger partial charge < -0.3 is 15.1 Å². The first-order valence-corrected chi connectivity index (χ1v) is 12.5. The fourth-order valence-electron chi connectivity index (χ4n) is 4.57. The summed E-state index contributed by atoms with van der Waals surface area (Å²) in [6, 6.07) is 16.0. The molecule has 0 radical (unpaired) electrons. The lowest BCUT2D eigenvalue weighted by Crippen LogP contribution is -2.39. The fraction of sp³-hybridized carbons (Fsp3) is 0.308. The van der Waals surface area contributed by atoms with E-state index in [9.17, 15) is 9.59 Å². The van der Waals surface area contributed by atoms with Crippen molar-refractivity contribution >= 4 is 39.7 Å². The van der Waals surface area contributed by atoms with Gasteiger partial charge in [-0.15, -0.1) is 11.3 Å². The largest absolute Gasteiger partial charge is 0.359 e. The summed E-state index contributed by atoms with van der Waals surface area (Å²) >= 11 is 1.53. The van der Waals surface area contributed by atoms with Crippen molar-refractivity contribution < 1.29 is 9.59 Å². The minimum absolute atomic E-state index is 0.0969. The molecule has 1 aromatic heterocycles. The number of benzene rings is 2. The molecule has 3 aromatic rings. The molecule has 0 saturated carbocycles. The molecule has 1 fully saturated rings. The predicted molar refractivity (Wildman–Crippen MR) is 137 cm³/mol. The van der Waals surface area contributed by atoms with Crippen molar-refractivity contribution in [2.24, 2.45) is 0 Å². The van der Waals surface area contributed by atoms with E-state index in [-0.39, 0.29) is 17.9 Å². The molecular formula is C26H26N6O2S. The monoisotopic (exact) mass is 486 g/mol. The van der Waals surface area contributed by atoms with Gasteiger partial charge in [0.2, 0.25) is 5.91 Å². The first-order valence-electron chi connectivity index (χ1n) is 11.7. The van der Waals surface area contributed by atoms with Gasteiger partial charge in [0.15, 0.2) is 5.13 Å². The smallest absolute Gasteiger partial charge is 0.257 e. The Balaban J connectivity index is 1.28. The summed E-state index contributed by atoms with van der Waals surface area (Å²) < 4.78 is 0. The highest BCUT2D eigenvalue weighted by Crippen LogP contribution is 2.30. The number of fused-ring (bicyclic) bond motifs is 1. The van der Waals surface area contributed by atoms with Crippen molar-refractivity contribution in [1.82, 2.24) is 9.88 Å². The molecule has 35 heavy (non-hydrogen) atoms. The zero-order chi connectivity index (χ0) is 24.4. The van der Waals surface area contributed by atoms with E-state index in [0.29, 0.717) is 21.9 Å². The summed E-state index contributed by atoms with van der Waals surface area (Å²) in [5.41, 5.74) is 3.66. The van der Waals surface area contributed by atoms with Gasteiger partial charge in [0, 0.05) is 47.9 Å². The van der Waals surface area contributed by atoms with Crippen LogP contribution in [0.2, 0.25) is 0 Å². The highest BCUT2D eigenvalue weighted by atomic mass is 32.1. The fourth-order valence-corrected chi connectivity index (χ4v) is 5.66. The van der Waals surface area contributed by atoms with Crippen LogP contribution in [0.25, 0.3) is 0 Å². The third kappa shape index (κ3) is 5.04. The number of anilines is 3. The van der Waals surface area contributed by atoms with Crippen LogP contribution >= 0.6 is 11.3 Å². The van der Waals surface area contributed by atoms with E-state index < -0.39 is 0 Å². The third-order valence-electron chi connectivity index (χ3n) is 6.42. The second-order valence-corrected chi connectivity index (χ2v) is 9.99. The first-order chi connectivity index (χ1) is 17.0. The van der Waals surface area contributed by atoms with Crippen LogP contribution in [0.4, 0.5) is 16.5 Å². The maximum atomic E-state index is 13.0. The Hall–Kier alpha value is -3.74. The molecule has 9 heteroatoms. The Morgan fingerprint density at radius 3 is 2.77 bits per heavy atom. The second kappa shape index (κ2) is 9.86. The standard InChI is InChI=1S/C26H26N6O2S/c1-31-13-11-21-23(16-31)35-26(29-21)30-24(33)18-4-2-5-20(14-18)32-12-3-6-22(32)25(34)28-19-9-7-17(15-27)8-10-19/h2,4-5,7-10,14,22H,3,6,11-13,16H2,1H3,(H,28,34)(H,29,30,33). The van der Waals surface area contributed by atoms with E-state index in [1.54, 1.807) is 30.3 Å². The minimum atomic E-state index is -0.327. The molecular weight excluding hydrogens is 460 g/mol. The van der Waals surface area contributed by atoms with Crippen LogP contribution in [0.1, 0.15) is 39.3 Å². The highest BCUT2D eigenvalue weighted by molar-refractivity contribution is 7.15. The lowest BCUT2D eigenvalue weighted by Gasteiger charge is -2.26. The maximum absolute atomic E-state index is 13.0. The quantitative estimate of drug-likeness (QED) is 0.568. The lowest BCUT2D eigenvalue weighted by molar-refractivity contribution is -0.117. The number of amides is 2. The Bertz CT molecular complexity index is 1300. The van der Waals surface area contributed by atoms with Crippen molar-refractivity contribution in [3.8, 4) is 6.07 Å². The van der Waals surface area contributed by atoms with Gasteiger partial charge in [0.1, 0.15) is 6.04 Å². The van der Waals surface area contributed by atoms with E-state index in [1.807, 2.05) is 23.1 Å². The molecule has 2 N–H and O–H groups in total. The number of nitrogens with one attached hydrogen (secondary N) is 2. The van der Waals surface area contributed by atoms with Crippen molar-refractivity contribution in [3.05, 3.63) is 70.2 Å². The summed E-state index contributed by atoms with van der Waals surface area (Å²) in [5.74, 6) is -0.301. The van der Waals surface area contributed by atoms with Crippen LogP contribution in [0.3, 0.4) is 0 Å². The molecule has 3 heterocycles. The second-order valence-electron chi connectivity index (χ2n) is 8.91. The number of carbonyl (C=O) groups excluding carboxylic acids is 2. The molecule has 0 bridgehead atoms. The van der Waals surface area contributed by atoms with Crippen LogP contribution in [0, 0.1) is 11.3 Å². The maximum Gasteiger partial charge on any atom is 0.257 e. The molecule has 178 valence electrons. The number of likely N-dealkylation sites (N-methyl/N-ethyl adjacent to an activating group) is 1. The summed E-state index contributed by atoms with van der Waals surface area (Å²) in [5, 5.41) is 15.5. The molecule has 1 saturated heterocycles. The van der Waals surface area contributed by atoms with Gasteiger partial charge in [-0.25, -0.2) is 4.98 Å². The van der Waals surface area contributed by atoms with Crippen LogP contribution in [-0.4, -0.2) is 47.9 Å². The van der Waals surface area contributed by atoms with Gasteiger partial charge in [-0.1, -0.05) is 6.07 Å². The van der Waals surface area contributed by atoms with E-state index >= 15 is 0 Å². The van der Waals surface area contributed by atoms with Crippen LogP contribution in [0.15, 0.2) is 48.5 Å². The number of nitriles is 1. The van der Waals surface area contributed by atoms with Gasteiger partial charge in [0.25, 0.3) is 5.91 Å². The normalized spacial score (nSPS) is 17.5. The van der Waals surface area contributed by atoms with E-state index in [1.165, 1.54) is 16.2 Å². The topological polar surface area (TPSA) is 101 Å². The zero-order valence-electron chi connectivity index (χ0n) is 19.5. The molecule has 0 spiro atoms. The Morgan fingerprint density at radius 1 is 1.14 bits per heavy atom. The molecule has 2 aromatic carbocycles. The number of rotatable bonds is 5. The van der Waals surface area contributed by atoms with E-state index in [0.717, 1.165) is 50.3 Å². The van der Waals surface area contributed by atoms with E-state index in [4.69, 9.17) is 5.26 Å². The third-order valence-corrected chi connectivity index (χ3v) is 7.42. The number of hydrogen-bond acceptors (Lipinski definition) is 7. The SMILES string of the molecule is CN1CCc2nc(NC(=O)c3cccc(N4CCCC4C(=O)Nc4ccc(C#N)cc4)c3)sc2C1. The summed E-state index contributed by atoms with van der Waals surface area (Å²) in [6.07, 6.45) is 2.52. The Labute approximate surface area is 208 Å². The summed E-state index contributed by atoms with van der Waals surface area (Å²) in [7, 11) is 2.09. The minimum Gasteiger partial charge on any atom is -0.359 e. The lowest BCUT2D eigenvalue weighted by atomic mass is 10.1. The molecule has 2 amide bonds. The van der Waals surface area contributed by atoms with Crippen LogP contribution in [0.5, 0.6) is 0 Å². The molecule has 8 nitrogen and oxygen atoms in total. The van der Waals surface area contributed by atoms with Gasteiger partial charge >= 0.3 is 0 Å². The average molecular weight is 487 g/mol. The number of hydrogen-bond donors (Lipinski definition) is 2. The molecule has 2 aliphatic heterocycles. The molecule has 2 aliphatic rings. The van der Waals surface area contributed by atoms with Gasteiger partial charge in [-0.2, -0.15) is 5.26 Å². The molecule has 1 atom stereocenters. The Morgan fingerprint density at radius 2 is 1.97 bits per heavy atom. The summed E-state index contributed by atoms with van der Waals surface area (Å²) in [6.45, 7) is 2.57. The zero-order valence-corrected chi connectivity index (χ0v) is 20.3. The molecule has 1 unspecified atom stereocenters. The number of carbonyl (C=O) groups is 2. The van der Waals surface area contributed by atoms with Crippen molar-refractivity contribution in [2.75, 3.05) is 35.7 Å². The van der Waals surface area contributed by atoms with Crippen molar-refractivity contribution in [3.63, 3.8) is 0 Å². The first kappa shape index (κ1) is 23.0. The number of nitrogens with zero attached hydrogens (tertiary/aromatic N) is 4. The van der Waals surface area contributed by atoms with E-state index in [2.05, 4.69) is 33.6 Å². The van der Waals surface area contributed by atoms with Gasteiger partial charge in [0.05, 0.1) is 17.3 Å². The van der Waals surface area contributed by atoms with Gasteiger partial charge in [-0.05, 0) is 62.4 Å². The van der Waals surface area contributed by atoms with Crippen molar-refractivity contribution in [1.29, 1.82) is 5.26 Å². The number of aromatic nitrogens is 1. The average Bonchev–Trinajstić information content (AvgIpc) is 3.51. The van der Waals surface area contributed by atoms with Crippen molar-refractivity contribution in [2.45, 2.75) is 31.8 Å². The van der Waals surface area contributed by atoms with Crippen LogP contribution in [-0.2, 0) is 17.8 Å².